The van der Waals surface area contributed by atoms with Crippen molar-refractivity contribution < 1.29 is 9.90 Å². The van der Waals surface area contributed by atoms with E-state index in [4.69, 9.17) is 10.8 Å². The number of aliphatic hydroxyl groups excluding tert-OH is 1. The van der Waals surface area contributed by atoms with Gasteiger partial charge >= 0.3 is 0 Å². The van der Waals surface area contributed by atoms with E-state index in [0.717, 1.165) is 0 Å². The molecule has 0 radical (unpaired) electrons. The van der Waals surface area contributed by atoms with E-state index in [-0.39, 0.29) is 31.0 Å². The lowest BCUT2D eigenvalue weighted by molar-refractivity contribution is -0.120. The summed E-state index contributed by atoms with van der Waals surface area (Å²) in [6.07, 6.45) is 0.551. The standard InChI is InChI=1S/C5H10N2O2.ClH/c6-4-1-3(2-8)7-5(4)9;/h3-4,8H,1-2,6H2,(H,7,9);1H/t3-,4+;/m1./s1. The van der Waals surface area contributed by atoms with Crippen molar-refractivity contribution in [2.24, 2.45) is 5.73 Å². The third kappa shape index (κ3) is 1.83. The van der Waals surface area contributed by atoms with Gasteiger partial charge in [-0.25, -0.2) is 0 Å². The lowest BCUT2D eigenvalue weighted by Gasteiger charge is -2.01. The van der Waals surface area contributed by atoms with Gasteiger partial charge in [-0.05, 0) is 6.42 Å². The molecular weight excluding hydrogens is 156 g/mol. The molecular formula is C5H11ClN2O2. The van der Waals surface area contributed by atoms with Crippen LogP contribution < -0.4 is 11.1 Å². The van der Waals surface area contributed by atoms with E-state index in [0.29, 0.717) is 6.42 Å². The predicted molar refractivity (Wildman–Crippen MR) is 38.9 cm³/mol. The van der Waals surface area contributed by atoms with Crippen LogP contribution in [0.3, 0.4) is 0 Å². The zero-order chi connectivity index (χ0) is 6.85. The van der Waals surface area contributed by atoms with Gasteiger partial charge in [0.2, 0.25) is 5.91 Å². The Morgan fingerprint density at radius 1 is 1.80 bits per heavy atom. The van der Waals surface area contributed by atoms with Gasteiger partial charge in [-0.3, -0.25) is 4.79 Å². The molecule has 0 aliphatic carbocycles. The fraction of sp³-hybridized carbons (Fsp3) is 0.800. The van der Waals surface area contributed by atoms with Crippen LogP contribution in [0.4, 0.5) is 0 Å². The Labute approximate surface area is 65.2 Å². The highest BCUT2D eigenvalue weighted by Crippen LogP contribution is 2.03. The topological polar surface area (TPSA) is 75.3 Å². The Hall–Kier alpha value is -0.320. The highest BCUT2D eigenvalue weighted by atomic mass is 35.5. The summed E-state index contributed by atoms with van der Waals surface area (Å²) in [7, 11) is 0. The van der Waals surface area contributed by atoms with Gasteiger partial charge in [0.1, 0.15) is 0 Å². The summed E-state index contributed by atoms with van der Waals surface area (Å²) < 4.78 is 0. The van der Waals surface area contributed by atoms with Crippen LogP contribution in [0.5, 0.6) is 0 Å². The lowest BCUT2D eigenvalue weighted by Crippen LogP contribution is -2.32. The molecule has 0 aromatic heterocycles. The van der Waals surface area contributed by atoms with Gasteiger partial charge in [0.05, 0.1) is 18.7 Å². The van der Waals surface area contributed by atoms with Crippen LogP contribution in [0, 0.1) is 0 Å². The molecule has 0 aromatic carbocycles. The molecule has 0 spiro atoms. The smallest absolute Gasteiger partial charge is 0.237 e. The number of rotatable bonds is 1. The van der Waals surface area contributed by atoms with Crippen LogP contribution >= 0.6 is 12.4 Å². The number of nitrogens with two attached hydrogens (primary N) is 1. The van der Waals surface area contributed by atoms with Gasteiger partial charge in [-0.1, -0.05) is 0 Å². The van der Waals surface area contributed by atoms with Gasteiger partial charge in [0, 0.05) is 0 Å². The van der Waals surface area contributed by atoms with E-state index in [9.17, 15) is 4.79 Å². The first-order valence-corrected chi connectivity index (χ1v) is 2.91. The van der Waals surface area contributed by atoms with Crippen molar-refractivity contribution in [1.82, 2.24) is 5.32 Å². The van der Waals surface area contributed by atoms with Crippen LogP contribution in [0.15, 0.2) is 0 Å². The Balaban J connectivity index is 0.000000810. The zero-order valence-electron chi connectivity index (χ0n) is 5.41. The minimum atomic E-state index is -0.415. The molecule has 4 N–H and O–H groups in total. The highest BCUT2D eigenvalue weighted by molar-refractivity contribution is 5.85. The Morgan fingerprint density at radius 2 is 2.40 bits per heavy atom. The van der Waals surface area contributed by atoms with E-state index in [1.165, 1.54) is 0 Å². The van der Waals surface area contributed by atoms with Crippen molar-refractivity contribution in [2.45, 2.75) is 18.5 Å². The number of hydrogen-bond donors (Lipinski definition) is 3. The number of carbonyl (C=O) groups is 1. The summed E-state index contributed by atoms with van der Waals surface area (Å²) in [5.41, 5.74) is 5.32. The lowest BCUT2D eigenvalue weighted by atomic mass is 10.2. The normalized spacial score (nSPS) is 31.2. The molecule has 5 heteroatoms. The van der Waals surface area contributed by atoms with Crippen LogP contribution in [0.25, 0.3) is 0 Å². The molecule has 60 valence electrons. The molecule has 1 rings (SSSR count). The first kappa shape index (κ1) is 9.68. The maximum absolute atomic E-state index is 10.6. The Bertz CT molecular complexity index is 131. The average molecular weight is 167 g/mol. The second-order valence-corrected chi connectivity index (χ2v) is 2.23. The molecule has 1 heterocycles. The number of nitrogens with one attached hydrogen (secondary N) is 1. The van der Waals surface area contributed by atoms with Gasteiger partial charge in [0.25, 0.3) is 0 Å². The van der Waals surface area contributed by atoms with E-state index in [1.807, 2.05) is 0 Å². The Morgan fingerprint density at radius 3 is 2.60 bits per heavy atom. The van der Waals surface area contributed by atoms with Crippen molar-refractivity contribution in [3.8, 4) is 0 Å². The minimum Gasteiger partial charge on any atom is -0.394 e. The van der Waals surface area contributed by atoms with Crippen LogP contribution in [-0.4, -0.2) is 29.7 Å². The van der Waals surface area contributed by atoms with Crippen molar-refractivity contribution in [1.29, 1.82) is 0 Å². The van der Waals surface area contributed by atoms with Gasteiger partial charge in [0.15, 0.2) is 0 Å². The van der Waals surface area contributed by atoms with Gasteiger partial charge < -0.3 is 16.2 Å². The molecule has 4 nitrogen and oxygen atoms in total. The third-order valence-electron chi connectivity index (χ3n) is 1.44. The fourth-order valence-electron chi connectivity index (χ4n) is 0.901. The molecule has 0 saturated carbocycles. The van der Waals surface area contributed by atoms with Crippen LogP contribution in [0.1, 0.15) is 6.42 Å². The van der Waals surface area contributed by atoms with E-state index < -0.39 is 6.04 Å². The largest absolute Gasteiger partial charge is 0.394 e. The molecule has 10 heavy (non-hydrogen) atoms. The number of halogens is 1. The second-order valence-electron chi connectivity index (χ2n) is 2.23. The minimum absolute atomic E-state index is 0. The molecule has 1 amide bonds. The van der Waals surface area contributed by atoms with Gasteiger partial charge in [-0.2, -0.15) is 0 Å². The quantitative estimate of drug-likeness (QED) is 0.449. The van der Waals surface area contributed by atoms with E-state index in [2.05, 4.69) is 5.32 Å². The predicted octanol–water partition coefficient (Wildman–Crippen LogP) is -1.38. The average Bonchev–Trinajstić information content (AvgIpc) is 2.13. The first-order chi connectivity index (χ1) is 4.24. The zero-order valence-corrected chi connectivity index (χ0v) is 6.23. The molecule has 1 saturated heterocycles. The van der Waals surface area contributed by atoms with Crippen molar-refractivity contribution in [3.05, 3.63) is 0 Å². The highest BCUT2D eigenvalue weighted by Gasteiger charge is 2.27. The summed E-state index contributed by atoms with van der Waals surface area (Å²) >= 11 is 0. The molecule has 0 unspecified atom stereocenters. The maximum Gasteiger partial charge on any atom is 0.237 e. The first-order valence-electron chi connectivity index (χ1n) is 2.91. The molecule has 1 aliphatic heterocycles. The van der Waals surface area contributed by atoms with Crippen molar-refractivity contribution >= 4 is 18.3 Å². The summed E-state index contributed by atoms with van der Waals surface area (Å²) in [5.74, 6) is -0.158. The maximum atomic E-state index is 10.6. The summed E-state index contributed by atoms with van der Waals surface area (Å²) in [4.78, 5) is 10.6. The van der Waals surface area contributed by atoms with E-state index in [1.54, 1.807) is 0 Å². The molecule has 1 fully saturated rings. The fourth-order valence-corrected chi connectivity index (χ4v) is 0.901. The summed E-state index contributed by atoms with van der Waals surface area (Å²) in [6.45, 7) is -0.0144. The summed E-state index contributed by atoms with van der Waals surface area (Å²) in [5, 5.41) is 11.1. The molecule has 0 bridgehead atoms. The molecule has 2 atom stereocenters. The molecule has 0 aromatic rings. The van der Waals surface area contributed by atoms with E-state index >= 15 is 0 Å². The van der Waals surface area contributed by atoms with Crippen molar-refractivity contribution in [2.75, 3.05) is 6.61 Å². The van der Waals surface area contributed by atoms with Gasteiger partial charge in [-0.15, -0.1) is 12.4 Å². The van der Waals surface area contributed by atoms with Crippen LogP contribution in [-0.2, 0) is 4.79 Å². The molecule has 1 aliphatic rings. The monoisotopic (exact) mass is 166 g/mol. The third-order valence-corrected chi connectivity index (χ3v) is 1.44. The Kier molecular flexibility index (Phi) is 3.63. The number of carbonyl (C=O) groups excluding carboxylic acids is 1. The second kappa shape index (κ2) is 3.75. The number of amides is 1. The number of hydrogen-bond acceptors (Lipinski definition) is 3. The van der Waals surface area contributed by atoms with Crippen molar-refractivity contribution in [3.63, 3.8) is 0 Å². The van der Waals surface area contributed by atoms with Crippen LogP contribution in [0.2, 0.25) is 0 Å². The summed E-state index contributed by atoms with van der Waals surface area (Å²) in [6, 6.07) is -0.533. The SMILES string of the molecule is Cl.N[C@H]1C[C@H](CO)NC1=O. The number of aliphatic hydroxyl groups is 1.